The SMILES string of the molecule is CCC(=O)Nc1cccc(NC(CC)C(=O)O)c1C. The van der Waals surface area contributed by atoms with Crippen LogP contribution in [-0.4, -0.2) is 23.0 Å². The van der Waals surface area contributed by atoms with Crippen molar-refractivity contribution in [2.75, 3.05) is 10.6 Å². The van der Waals surface area contributed by atoms with E-state index in [-0.39, 0.29) is 5.91 Å². The Labute approximate surface area is 113 Å². The van der Waals surface area contributed by atoms with Crippen molar-refractivity contribution in [2.24, 2.45) is 0 Å². The highest BCUT2D eigenvalue weighted by atomic mass is 16.4. The van der Waals surface area contributed by atoms with Crippen LogP contribution in [0.5, 0.6) is 0 Å². The van der Waals surface area contributed by atoms with Gasteiger partial charge in [-0.25, -0.2) is 4.79 Å². The monoisotopic (exact) mass is 264 g/mol. The molecular formula is C14H20N2O3. The molecule has 0 aliphatic heterocycles. The minimum atomic E-state index is -0.884. The van der Waals surface area contributed by atoms with E-state index in [2.05, 4.69) is 10.6 Å². The molecule has 0 saturated carbocycles. The third-order valence-corrected chi connectivity index (χ3v) is 2.97. The van der Waals surface area contributed by atoms with Crippen LogP contribution in [0.25, 0.3) is 0 Å². The first kappa shape index (κ1) is 15.0. The van der Waals surface area contributed by atoms with E-state index in [1.165, 1.54) is 0 Å². The Morgan fingerprint density at radius 2 is 1.89 bits per heavy atom. The third kappa shape index (κ3) is 3.98. The second-order valence-corrected chi connectivity index (χ2v) is 4.32. The molecule has 3 N–H and O–H groups in total. The Balaban J connectivity index is 2.94. The average Bonchev–Trinajstić information content (AvgIpc) is 2.39. The summed E-state index contributed by atoms with van der Waals surface area (Å²) in [5.74, 6) is -0.949. The first-order valence-electron chi connectivity index (χ1n) is 6.38. The molecule has 0 saturated heterocycles. The van der Waals surface area contributed by atoms with Gasteiger partial charge in [-0.1, -0.05) is 19.9 Å². The minimum Gasteiger partial charge on any atom is -0.480 e. The fraction of sp³-hybridized carbons (Fsp3) is 0.429. The van der Waals surface area contributed by atoms with Gasteiger partial charge in [0.15, 0.2) is 0 Å². The predicted molar refractivity (Wildman–Crippen MR) is 75.4 cm³/mol. The zero-order chi connectivity index (χ0) is 14.4. The van der Waals surface area contributed by atoms with Crippen molar-refractivity contribution >= 4 is 23.3 Å². The summed E-state index contributed by atoms with van der Waals surface area (Å²) in [5.41, 5.74) is 2.27. The number of nitrogens with one attached hydrogen (secondary N) is 2. The minimum absolute atomic E-state index is 0.0643. The fourth-order valence-electron chi connectivity index (χ4n) is 1.69. The quantitative estimate of drug-likeness (QED) is 0.738. The molecular weight excluding hydrogens is 244 g/mol. The van der Waals surface area contributed by atoms with Gasteiger partial charge in [-0.3, -0.25) is 4.79 Å². The van der Waals surface area contributed by atoms with Crippen LogP contribution < -0.4 is 10.6 Å². The zero-order valence-corrected chi connectivity index (χ0v) is 11.5. The van der Waals surface area contributed by atoms with Crippen molar-refractivity contribution in [3.05, 3.63) is 23.8 Å². The molecule has 1 unspecified atom stereocenters. The molecule has 0 radical (unpaired) electrons. The maximum atomic E-state index is 11.4. The number of hydrogen-bond donors (Lipinski definition) is 3. The smallest absolute Gasteiger partial charge is 0.326 e. The Hall–Kier alpha value is -2.04. The van der Waals surface area contributed by atoms with E-state index >= 15 is 0 Å². The molecule has 1 rings (SSSR count). The summed E-state index contributed by atoms with van der Waals surface area (Å²) in [6, 6.07) is 4.77. The average molecular weight is 264 g/mol. The van der Waals surface area contributed by atoms with Crippen LogP contribution in [0.1, 0.15) is 32.3 Å². The highest BCUT2D eigenvalue weighted by Crippen LogP contribution is 2.24. The number of carboxylic acid groups (broad SMARTS) is 1. The fourth-order valence-corrected chi connectivity index (χ4v) is 1.69. The van der Waals surface area contributed by atoms with Crippen molar-refractivity contribution in [3.8, 4) is 0 Å². The summed E-state index contributed by atoms with van der Waals surface area (Å²) >= 11 is 0. The van der Waals surface area contributed by atoms with Gasteiger partial charge in [-0.15, -0.1) is 0 Å². The van der Waals surface area contributed by atoms with Crippen LogP contribution in [0.3, 0.4) is 0 Å². The highest BCUT2D eigenvalue weighted by molar-refractivity contribution is 5.92. The first-order valence-corrected chi connectivity index (χ1v) is 6.38. The maximum absolute atomic E-state index is 11.4. The Morgan fingerprint density at radius 3 is 2.42 bits per heavy atom. The molecule has 0 heterocycles. The van der Waals surface area contributed by atoms with Crippen molar-refractivity contribution < 1.29 is 14.7 Å². The molecule has 5 nitrogen and oxygen atoms in total. The van der Waals surface area contributed by atoms with Gasteiger partial charge in [0, 0.05) is 17.8 Å². The number of aliphatic carboxylic acids is 1. The van der Waals surface area contributed by atoms with Crippen LogP contribution in [0.2, 0.25) is 0 Å². The van der Waals surface area contributed by atoms with E-state index in [4.69, 9.17) is 5.11 Å². The van der Waals surface area contributed by atoms with Crippen LogP contribution in [0.4, 0.5) is 11.4 Å². The Kier molecular flexibility index (Phi) is 5.36. The molecule has 0 bridgehead atoms. The summed E-state index contributed by atoms with van der Waals surface area (Å²) < 4.78 is 0. The number of rotatable bonds is 6. The van der Waals surface area contributed by atoms with Crippen LogP contribution >= 0.6 is 0 Å². The Bertz CT molecular complexity index is 472. The van der Waals surface area contributed by atoms with E-state index in [1.54, 1.807) is 19.1 Å². The maximum Gasteiger partial charge on any atom is 0.326 e. The van der Waals surface area contributed by atoms with Gasteiger partial charge < -0.3 is 15.7 Å². The van der Waals surface area contributed by atoms with Gasteiger partial charge in [0.25, 0.3) is 0 Å². The molecule has 1 aromatic carbocycles. The molecule has 0 aliphatic rings. The zero-order valence-electron chi connectivity index (χ0n) is 11.5. The molecule has 19 heavy (non-hydrogen) atoms. The topological polar surface area (TPSA) is 78.4 Å². The second-order valence-electron chi connectivity index (χ2n) is 4.32. The second kappa shape index (κ2) is 6.78. The van der Waals surface area contributed by atoms with E-state index in [0.717, 1.165) is 11.3 Å². The number of hydrogen-bond acceptors (Lipinski definition) is 3. The lowest BCUT2D eigenvalue weighted by molar-refractivity contribution is -0.138. The van der Waals surface area contributed by atoms with E-state index in [1.807, 2.05) is 19.9 Å². The molecule has 5 heteroatoms. The lowest BCUT2D eigenvalue weighted by atomic mass is 10.1. The molecule has 0 fully saturated rings. The van der Waals surface area contributed by atoms with Crippen molar-refractivity contribution in [3.63, 3.8) is 0 Å². The molecule has 1 amide bonds. The summed E-state index contributed by atoms with van der Waals surface area (Å²) in [6.07, 6.45) is 0.893. The van der Waals surface area contributed by atoms with Gasteiger partial charge in [-0.2, -0.15) is 0 Å². The van der Waals surface area contributed by atoms with E-state index in [9.17, 15) is 9.59 Å². The van der Waals surface area contributed by atoms with Crippen molar-refractivity contribution in [1.29, 1.82) is 0 Å². The summed E-state index contributed by atoms with van der Waals surface area (Å²) in [4.78, 5) is 22.4. The van der Waals surface area contributed by atoms with Gasteiger partial charge in [-0.05, 0) is 31.0 Å². The standard InChI is InChI=1S/C14H20N2O3/c1-4-10(14(18)19)15-11-7-6-8-12(9(11)3)16-13(17)5-2/h6-8,10,15H,4-5H2,1-3H3,(H,16,17)(H,18,19). The van der Waals surface area contributed by atoms with Crippen molar-refractivity contribution in [2.45, 2.75) is 39.7 Å². The molecule has 0 aromatic heterocycles. The molecule has 0 aliphatic carbocycles. The van der Waals surface area contributed by atoms with E-state index in [0.29, 0.717) is 18.5 Å². The van der Waals surface area contributed by atoms with Crippen LogP contribution in [-0.2, 0) is 9.59 Å². The van der Waals surface area contributed by atoms with Crippen molar-refractivity contribution in [1.82, 2.24) is 0 Å². The number of carbonyl (C=O) groups excluding carboxylic acids is 1. The molecule has 0 spiro atoms. The van der Waals surface area contributed by atoms with Gasteiger partial charge in [0.2, 0.25) is 5.91 Å². The first-order chi connectivity index (χ1) is 8.99. The van der Waals surface area contributed by atoms with Gasteiger partial charge in [0.1, 0.15) is 6.04 Å². The lowest BCUT2D eigenvalue weighted by Gasteiger charge is -2.18. The lowest BCUT2D eigenvalue weighted by Crippen LogP contribution is -2.28. The summed E-state index contributed by atoms with van der Waals surface area (Å²) in [6.45, 7) is 5.44. The normalized spacial score (nSPS) is 11.7. The van der Waals surface area contributed by atoms with Crippen LogP contribution in [0.15, 0.2) is 18.2 Å². The number of carboxylic acids is 1. The molecule has 104 valence electrons. The Morgan fingerprint density at radius 1 is 1.26 bits per heavy atom. The number of benzene rings is 1. The molecule has 1 aromatic rings. The third-order valence-electron chi connectivity index (χ3n) is 2.97. The summed E-state index contributed by atoms with van der Waals surface area (Å²) in [7, 11) is 0. The number of carbonyl (C=O) groups is 2. The largest absolute Gasteiger partial charge is 0.480 e. The predicted octanol–water partition coefficient (Wildman–Crippen LogP) is 2.62. The van der Waals surface area contributed by atoms with Crippen LogP contribution in [0, 0.1) is 6.92 Å². The van der Waals surface area contributed by atoms with Gasteiger partial charge >= 0.3 is 5.97 Å². The molecule has 1 atom stereocenters. The summed E-state index contributed by atoms with van der Waals surface area (Å²) in [5, 5.41) is 14.8. The van der Waals surface area contributed by atoms with Gasteiger partial charge in [0.05, 0.1) is 0 Å². The number of amides is 1. The highest BCUT2D eigenvalue weighted by Gasteiger charge is 2.16. The van der Waals surface area contributed by atoms with E-state index < -0.39 is 12.0 Å². The number of anilines is 2.